The van der Waals surface area contributed by atoms with E-state index in [1.165, 1.54) is 6.42 Å². The molecular formula is C15H25N3O2. The van der Waals surface area contributed by atoms with Crippen LogP contribution in [0, 0.1) is 0 Å². The molecule has 0 radical (unpaired) electrons. The van der Waals surface area contributed by atoms with Crippen molar-refractivity contribution in [3.05, 3.63) is 18.7 Å². The van der Waals surface area contributed by atoms with Gasteiger partial charge in [0.25, 0.3) is 0 Å². The summed E-state index contributed by atoms with van der Waals surface area (Å²) in [6.07, 6.45) is 11.4. The molecule has 1 N–H and O–H groups in total. The van der Waals surface area contributed by atoms with E-state index in [1.807, 2.05) is 17.8 Å². The quantitative estimate of drug-likeness (QED) is 0.864. The standard InChI is InChI=1S/C15H25N3O2/c1-17(9-5-10-18-11-8-16-13-18)14(19)12-15(20)6-3-2-4-7-15/h8,11,13,20H,2-7,9-10,12H2,1H3. The van der Waals surface area contributed by atoms with Crippen molar-refractivity contribution in [1.82, 2.24) is 14.5 Å². The minimum Gasteiger partial charge on any atom is -0.389 e. The molecule has 5 nitrogen and oxygen atoms in total. The van der Waals surface area contributed by atoms with Crippen molar-refractivity contribution >= 4 is 5.91 Å². The summed E-state index contributed by atoms with van der Waals surface area (Å²) in [6, 6.07) is 0. The number of carbonyl (C=O) groups excluding carboxylic acids is 1. The average molecular weight is 279 g/mol. The van der Waals surface area contributed by atoms with Gasteiger partial charge in [0.2, 0.25) is 5.91 Å². The molecule has 0 aromatic carbocycles. The van der Waals surface area contributed by atoms with Crippen LogP contribution >= 0.6 is 0 Å². The number of aryl methyl sites for hydroxylation is 1. The normalized spacial score (nSPS) is 17.9. The van der Waals surface area contributed by atoms with Gasteiger partial charge < -0.3 is 14.6 Å². The van der Waals surface area contributed by atoms with E-state index in [-0.39, 0.29) is 12.3 Å². The number of amides is 1. The maximum absolute atomic E-state index is 12.2. The molecule has 1 saturated carbocycles. The van der Waals surface area contributed by atoms with E-state index < -0.39 is 5.60 Å². The van der Waals surface area contributed by atoms with Gasteiger partial charge in [-0.25, -0.2) is 4.98 Å². The molecule has 20 heavy (non-hydrogen) atoms. The zero-order valence-electron chi connectivity index (χ0n) is 12.3. The van der Waals surface area contributed by atoms with Crippen LogP contribution in [-0.2, 0) is 11.3 Å². The third kappa shape index (κ3) is 4.34. The Bertz CT molecular complexity index is 411. The maximum atomic E-state index is 12.2. The number of imidazole rings is 1. The average Bonchev–Trinajstić information content (AvgIpc) is 2.92. The zero-order chi connectivity index (χ0) is 14.4. The van der Waals surface area contributed by atoms with Gasteiger partial charge in [0.1, 0.15) is 0 Å². The van der Waals surface area contributed by atoms with Gasteiger partial charge in [0.15, 0.2) is 0 Å². The van der Waals surface area contributed by atoms with Gasteiger partial charge in [-0.1, -0.05) is 19.3 Å². The molecule has 1 aliphatic carbocycles. The van der Waals surface area contributed by atoms with Crippen LogP contribution in [0.25, 0.3) is 0 Å². The Morgan fingerprint density at radius 2 is 2.15 bits per heavy atom. The summed E-state index contributed by atoms with van der Waals surface area (Å²) < 4.78 is 2.01. The number of hydrogen-bond acceptors (Lipinski definition) is 3. The van der Waals surface area contributed by atoms with Crippen molar-refractivity contribution in [3.63, 3.8) is 0 Å². The van der Waals surface area contributed by atoms with Gasteiger partial charge in [0.05, 0.1) is 18.3 Å². The van der Waals surface area contributed by atoms with Crippen molar-refractivity contribution < 1.29 is 9.90 Å². The SMILES string of the molecule is CN(CCCn1ccnc1)C(=O)CC1(O)CCCCC1. The number of aliphatic hydroxyl groups is 1. The fourth-order valence-electron chi connectivity index (χ4n) is 2.84. The summed E-state index contributed by atoms with van der Waals surface area (Å²) in [6.45, 7) is 1.58. The molecule has 0 atom stereocenters. The van der Waals surface area contributed by atoms with E-state index >= 15 is 0 Å². The largest absolute Gasteiger partial charge is 0.389 e. The topological polar surface area (TPSA) is 58.4 Å². The van der Waals surface area contributed by atoms with Crippen molar-refractivity contribution in [2.45, 2.75) is 57.1 Å². The van der Waals surface area contributed by atoms with Crippen LogP contribution < -0.4 is 0 Å². The Hall–Kier alpha value is -1.36. The van der Waals surface area contributed by atoms with Crippen molar-refractivity contribution in [2.75, 3.05) is 13.6 Å². The van der Waals surface area contributed by atoms with Crippen LogP contribution in [0.5, 0.6) is 0 Å². The lowest BCUT2D eigenvalue weighted by atomic mass is 9.82. The second-order valence-electron chi connectivity index (χ2n) is 5.93. The molecule has 112 valence electrons. The highest BCUT2D eigenvalue weighted by molar-refractivity contribution is 5.77. The van der Waals surface area contributed by atoms with E-state index in [1.54, 1.807) is 17.4 Å². The molecule has 0 spiro atoms. The molecule has 2 rings (SSSR count). The van der Waals surface area contributed by atoms with Crippen LogP contribution in [0.3, 0.4) is 0 Å². The van der Waals surface area contributed by atoms with E-state index in [9.17, 15) is 9.90 Å². The van der Waals surface area contributed by atoms with Crippen LogP contribution in [0.4, 0.5) is 0 Å². The van der Waals surface area contributed by atoms with E-state index in [0.29, 0.717) is 6.54 Å². The first-order valence-electron chi connectivity index (χ1n) is 7.51. The molecule has 0 saturated heterocycles. The number of carbonyl (C=O) groups is 1. The summed E-state index contributed by atoms with van der Waals surface area (Å²) in [5.74, 6) is 0.0556. The highest BCUT2D eigenvalue weighted by Gasteiger charge is 2.32. The van der Waals surface area contributed by atoms with Gasteiger partial charge in [0, 0.05) is 32.5 Å². The molecule has 1 fully saturated rings. The van der Waals surface area contributed by atoms with Gasteiger partial charge in [-0.05, 0) is 19.3 Å². The maximum Gasteiger partial charge on any atom is 0.225 e. The lowest BCUT2D eigenvalue weighted by Gasteiger charge is -2.32. The Morgan fingerprint density at radius 3 is 2.80 bits per heavy atom. The van der Waals surface area contributed by atoms with E-state index in [2.05, 4.69) is 4.98 Å². The summed E-state index contributed by atoms with van der Waals surface area (Å²) in [4.78, 5) is 17.9. The van der Waals surface area contributed by atoms with Crippen LogP contribution in [0.1, 0.15) is 44.9 Å². The molecule has 0 bridgehead atoms. The van der Waals surface area contributed by atoms with Gasteiger partial charge in [-0.3, -0.25) is 4.79 Å². The summed E-state index contributed by atoms with van der Waals surface area (Å²) in [5.41, 5.74) is -0.756. The van der Waals surface area contributed by atoms with Crippen molar-refractivity contribution in [2.24, 2.45) is 0 Å². The summed E-state index contributed by atoms with van der Waals surface area (Å²) in [5, 5.41) is 10.4. The fourth-order valence-corrected chi connectivity index (χ4v) is 2.84. The minimum absolute atomic E-state index is 0.0556. The van der Waals surface area contributed by atoms with Crippen LogP contribution in [-0.4, -0.2) is 44.7 Å². The Morgan fingerprint density at radius 1 is 1.40 bits per heavy atom. The van der Waals surface area contributed by atoms with E-state index in [4.69, 9.17) is 0 Å². The second kappa shape index (κ2) is 6.88. The number of hydrogen-bond donors (Lipinski definition) is 1. The smallest absolute Gasteiger partial charge is 0.225 e. The lowest BCUT2D eigenvalue weighted by Crippen LogP contribution is -2.39. The van der Waals surface area contributed by atoms with Crippen LogP contribution in [0.2, 0.25) is 0 Å². The third-order valence-corrected chi connectivity index (χ3v) is 4.16. The van der Waals surface area contributed by atoms with Gasteiger partial charge >= 0.3 is 0 Å². The molecular weight excluding hydrogens is 254 g/mol. The van der Waals surface area contributed by atoms with Crippen molar-refractivity contribution in [1.29, 1.82) is 0 Å². The highest BCUT2D eigenvalue weighted by atomic mass is 16.3. The zero-order valence-corrected chi connectivity index (χ0v) is 12.3. The Balaban J connectivity index is 1.71. The summed E-state index contributed by atoms with van der Waals surface area (Å²) >= 11 is 0. The first-order chi connectivity index (χ1) is 9.59. The molecule has 0 unspecified atom stereocenters. The minimum atomic E-state index is -0.756. The summed E-state index contributed by atoms with van der Waals surface area (Å²) in [7, 11) is 1.82. The molecule has 1 heterocycles. The molecule has 0 aliphatic heterocycles. The molecule has 5 heteroatoms. The number of nitrogens with zero attached hydrogens (tertiary/aromatic N) is 3. The molecule has 1 aliphatic rings. The second-order valence-corrected chi connectivity index (χ2v) is 5.93. The van der Waals surface area contributed by atoms with Gasteiger partial charge in [-0.2, -0.15) is 0 Å². The third-order valence-electron chi connectivity index (χ3n) is 4.16. The monoisotopic (exact) mass is 279 g/mol. The molecule has 1 aromatic rings. The lowest BCUT2D eigenvalue weighted by molar-refractivity contribution is -0.136. The van der Waals surface area contributed by atoms with Crippen molar-refractivity contribution in [3.8, 4) is 0 Å². The highest BCUT2D eigenvalue weighted by Crippen LogP contribution is 2.31. The van der Waals surface area contributed by atoms with Crippen LogP contribution in [0.15, 0.2) is 18.7 Å². The Labute approximate surface area is 120 Å². The first-order valence-corrected chi connectivity index (χ1v) is 7.51. The molecule has 1 amide bonds. The molecule has 1 aromatic heterocycles. The first kappa shape index (κ1) is 15.0. The predicted molar refractivity (Wildman–Crippen MR) is 77.1 cm³/mol. The fraction of sp³-hybridized carbons (Fsp3) is 0.733. The predicted octanol–water partition coefficient (Wildman–Crippen LogP) is 1.82. The number of aromatic nitrogens is 2. The van der Waals surface area contributed by atoms with Gasteiger partial charge in [-0.15, -0.1) is 0 Å². The number of rotatable bonds is 6. The van der Waals surface area contributed by atoms with E-state index in [0.717, 1.165) is 38.6 Å². The Kier molecular flexibility index (Phi) is 5.17.